The van der Waals surface area contributed by atoms with Crippen molar-refractivity contribution in [2.75, 3.05) is 19.1 Å². The zero-order valence-corrected chi connectivity index (χ0v) is 11.7. The highest BCUT2D eigenvalue weighted by molar-refractivity contribution is 9.10. The molecular formula is C10H12BrF2NO2S. The first kappa shape index (κ1) is 14.5. The summed E-state index contributed by atoms with van der Waals surface area (Å²) < 4.78 is 49.3. The van der Waals surface area contributed by atoms with E-state index in [1.807, 2.05) is 0 Å². The van der Waals surface area contributed by atoms with Crippen LogP contribution in [0.15, 0.2) is 16.6 Å². The molecule has 0 aliphatic heterocycles. The van der Waals surface area contributed by atoms with Crippen LogP contribution in [0.2, 0.25) is 0 Å². The third-order valence-electron chi connectivity index (χ3n) is 2.23. The van der Waals surface area contributed by atoms with Crippen LogP contribution < -0.4 is 5.32 Å². The van der Waals surface area contributed by atoms with Crippen LogP contribution in [0.25, 0.3) is 0 Å². The number of benzene rings is 1. The van der Waals surface area contributed by atoms with E-state index in [2.05, 4.69) is 21.2 Å². The molecule has 3 nitrogen and oxygen atoms in total. The SMILES string of the molecule is CNC(CS(C)(=O)=O)c1cc(F)c(Br)cc1F. The van der Waals surface area contributed by atoms with E-state index in [-0.39, 0.29) is 15.8 Å². The maximum Gasteiger partial charge on any atom is 0.149 e. The molecule has 0 radical (unpaired) electrons. The molecule has 1 atom stereocenters. The number of rotatable bonds is 4. The summed E-state index contributed by atoms with van der Waals surface area (Å²) in [6, 6.07) is 1.20. The Bertz CT molecular complexity index is 519. The van der Waals surface area contributed by atoms with E-state index >= 15 is 0 Å². The summed E-state index contributed by atoms with van der Waals surface area (Å²) >= 11 is 2.86. The van der Waals surface area contributed by atoms with E-state index in [1.54, 1.807) is 0 Å². The van der Waals surface area contributed by atoms with Gasteiger partial charge >= 0.3 is 0 Å². The fourth-order valence-electron chi connectivity index (χ4n) is 1.44. The second-order valence-corrected chi connectivity index (χ2v) is 6.76. The standard InChI is InChI=1S/C10H12BrF2NO2S/c1-14-10(5-17(2,15)16)6-3-9(13)7(11)4-8(6)12/h3-4,10,14H,5H2,1-2H3. The molecule has 0 spiro atoms. The van der Waals surface area contributed by atoms with E-state index < -0.39 is 27.5 Å². The van der Waals surface area contributed by atoms with Crippen molar-refractivity contribution in [3.63, 3.8) is 0 Å². The van der Waals surface area contributed by atoms with Crippen LogP contribution in [0.1, 0.15) is 11.6 Å². The fraction of sp³-hybridized carbons (Fsp3) is 0.400. The predicted octanol–water partition coefficient (Wildman–Crippen LogP) is 2.03. The molecule has 7 heteroatoms. The Morgan fingerprint density at radius 2 is 1.94 bits per heavy atom. The molecule has 0 aliphatic rings. The second-order valence-electron chi connectivity index (χ2n) is 3.72. The van der Waals surface area contributed by atoms with Crippen LogP contribution in [0, 0.1) is 11.6 Å². The normalized spacial score (nSPS) is 13.7. The monoisotopic (exact) mass is 327 g/mol. The molecule has 96 valence electrons. The van der Waals surface area contributed by atoms with Gasteiger partial charge in [0.2, 0.25) is 0 Å². The highest BCUT2D eigenvalue weighted by Gasteiger charge is 2.20. The van der Waals surface area contributed by atoms with E-state index in [1.165, 1.54) is 7.05 Å². The average Bonchev–Trinajstić information content (AvgIpc) is 2.19. The number of sulfone groups is 1. The van der Waals surface area contributed by atoms with Gasteiger partial charge in [-0.15, -0.1) is 0 Å². The minimum Gasteiger partial charge on any atom is -0.312 e. The van der Waals surface area contributed by atoms with Gasteiger partial charge in [-0.2, -0.15) is 0 Å². The molecule has 0 saturated carbocycles. The predicted molar refractivity (Wildman–Crippen MR) is 65.6 cm³/mol. The smallest absolute Gasteiger partial charge is 0.149 e. The van der Waals surface area contributed by atoms with E-state index in [0.717, 1.165) is 18.4 Å². The Morgan fingerprint density at radius 1 is 1.35 bits per heavy atom. The molecule has 1 unspecified atom stereocenters. The Labute approximate surface area is 107 Å². The van der Waals surface area contributed by atoms with Gasteiger partial charge in [-0.1, -0.05) is 0 Å². The van der Waals surface area contributed by atoms with Crippen molar-refractivity contribution in [1.29, 1.82) is 0 Å². The van der Waals surface area contributed by atoms with Crippen molar-refractivity contribution in [2.45, 2.75) is 6.04 Å². The van der Waals surface area contributed by atoms with Crippen molar-refractivity contribution in [2.24, 2.45) is 0 Å². The summed E-state index contributed by atoms with van der Waals surface area (Å²) in [6.07, 6.45) is 1.05. The van der Waals surface area contributed by atoms with Gasteiger partial charge in [-0.05, 0) is 35.1 Å². The lowest BCUT2D eigenvalue weighted by atomic mass is 10.1. The van der Waals surface area contributed by atoms with E-state index in [9.17, 15) is 17.2 Å². The Morgan fingerprint density at radius 3 is 2.41 bits per heavy atom. The molecule has 1 N–H and O–H groups in total. The van der Waals surface area contributed by atoms with Gasteiger partial charge in [0.15, 0.2) is 0 Å². The molecule has 0 bridgehead atoms. The first-order valence-electron chi connectivity index (χ1n) is 4.74. The lowest BCUT2D eigenvalue weighted by Crippen LogP contribution is -2.25. The molecule has 1 rings (SSSR count). The van der Waals surface area contributed by atoms with E-state index in [4.69, 9.17) is 0 Å². The first-order valence-corrected chi connectivity index (χ1v) is 7.59. The quantitative estimate of drug-likeness (QED) is 0.861. The summed E-state index contributed by atoms with van der Waals surface area (Å²) in [5.41, 5.74) is -0.00127. The van der Waals surface area contributed by atoms with Crippen LogP contribution in [-0.4, -0.2) is 27.5 Å². The topological polar surface area (TPSA) is 46.2 Å². The largest absolute Gasteiger partial charge is 0.312 e. The van der Waals surface area contributed by atoms with Crippen molar-refractivity contribution in [1.82, 2.24) is 5.32 Å². The molecule has 17 heavy (non-hydrogen) atoms. The summed E-state index contributed by atoms with van der Waals surface area (Å²) in [6.45, 7) is 0. The van der Waals surface area contributed by atoms with Gasteiger partial charge in [-0.25, -0.2) is 17.2 Å². The first-order chi connectivity index (χ1) is 7.74. The van der Waals surface area contributed by atoms with Crippen molar-refractivity contribution in [3.05, 3.63) is 33.8 Å². The van der Waals surface area contributed by atoms with Gasteiger partial charge < -0.3 is 5.32 Å². The van der Waals surface area contributed by atoms with Gasteiger partial charge in [0.25, 0.3) is 0 Å². The van der Waals surface area contributed by atoms with Crippen LogP contribution in [0.5, 0.6) is 0 Å². The molecular weight excluding hydrogens is 316 g/mol. The Kier molecular flexibility index (Phi) is 4.62. The van der Waals surface area contributed by atoms with Gasteiger partial charge in [0.05, 0.1) is 10.2 Å². The lowest BCUT2D eigenvalue weighted by molar-refractivity contribution is 0.536. The highest BCUT2D eigenvalue weighted by Crippen LogP contribution is 2.24. The Hall–Kier alpha value is -0.530. The molecule has 0 saturated heterocycles. The second kappa shape index (κ2) is 5.41. The summed E-state index contributed by atoms with van der Waals surface area (Å²) in [5, 5.41) is 2.66. The van der Waals surface area contributed by atoms with Crippen LogP contribution in [0.3, 0.4) is 0 Å². The molecule has 1 aromatic carbocycles. The molecule has 0 heterocycles. The van der Waals surface area contributed by atoms with Gasteiger partial charge in [0, 0.05) is 17.9 Å². The summed E-state index contributed by atoms with van der Waals surface area (Å²) in [7, 11) is -1.79. The highest BCUT2D eigenvalue weighted by atomic mass is 79.9. The van der Waals surface area contributed by atoms with Gasteiger partial charge in [-0.3, -0.25) is 0 Å². The number of hydrogen-bond acceptors (Lipinski definition) is 3. The number of hydrogen-bond donors (Lipinski definition) is 1. The maximum absolute atomic E-state index is 13.6. The van der Waals surface area contributed by atoms with Crippen molar-refractivity contribution in [3.8, 4) is 0 Å². The molecule has 0 aromatic heterocycles. The molecule has 0 aliphatic carbocycles. The minimum absolute atomic E-state index is 0.00127. The van der Waals surface area contributed by atoms with Crippen LogP contribution in [0.4, 0.5) is 8.78 Å². The van der Waals surface area contributed by atoms with Crippen LogP contribution in [-0.2, 0) is 9.84 Å². The molecule has 1 aromatic rings. The molecule has 0 fully saturated rings. The van der Waals surface area contributed by atoms with Crippen molar-refractivity contribution < 1.29 is 17.2 Å². The lowest BCUT2D eigenvalue weighted by Gasteiger charge is -2.16. The third kappa shape index (κ3) is 4.01. The zero-order valence-electron chi connectivity index (χ0n) is 9.30. The van der Waals surface area contributed by atoms with Crippen molar-refractivity contribution >= 4 is 25.8 Å². The van der Waals surface area contributed by atoms with E-state index in [0.29, 0.717) is 0 Å². The zero-order chi connectivity index (χ0) is 13.2. The number of nitrogens with one attached hydrogen (secondary N) is 1. The summed E-state index contributed by atoms with van der Waals surface area (Å²) in [4.78, 5) is 0. The third-order valence-corrected chi connectivity index (χ3v) is 3.78. The molecule has 0 amide bonds. The minimum atomic E-state index is -3.29. The van der Waals surface area contributed by atoms with Crippen LogP contribution >= 0.6 is 15.9 Å². The maximum atomic E-state index is 13.6. The number of halogens is 3. The average molecular weight is 328 g/mol. The summed E-state index contributed by atoms with van der Waals surface area (Å²) in [5.74, 6) is -1.57. The fourth-order valence-corrected chi connectivity index (χ4v) is 2.70. The Balaban J connectivity index is 3.17. The van der Waals surface area contributed by atoms with Gasteiger partial charge in [0.1, 0.15) is 21.5 Å².